The van der Waals surface area contributed by atoms with Gasteiger partial charge in [0, 0.05) is 22.8 Å². The van der Waals surface area contributed by atoms with Crippen LogP contribution < -0.4 is 4.74 Å². The van der Waals surface area contributed by atoms with E-state index in [0.29, 0.717) is 6.61 Å². The molecule has 0 bridgehead atoms. The van der Waals surface area contributed by atoms with Crippen LogP contribution in [0.25, 0.3) is 16.2 Å². The molecule has 0 spiro atoms. The highest BCUT2D eigenvalue weighted by molar-refractivity contribution is 7.15. The second-order valence-corrected chi connectivity index (χ2v) is 4.95. The maximum absolute atomic E-state index is 5.44. The fraction of sp³-hybridized carbons (Fsp3) is 0.214. The minimum absolute atomic E-state index is 0.693. The van der Waals surface area contributed by atoms with Crippen LogP contribution in [-0.4, -0.2) is 16.0 Å². The number of ether oxygens (including phenoxy) is 1. The quantitative estimate of drug-likeness (QED) is 0.715. The third-order valence-electron chi connectivity index (χ3n) is 2.85. The van der Waals surface area contributed by atoms with Crippen LogP contribution in [0.1, 0.15) is 12.6 Å². The third-order valence-corrected chi connectivity index (χ3v) is 3.81. The first kappa shape index (κ1) is 11.3. The van der Waals surface area contributed by atoms with Gasteiger partial charge in [0.15, 0.2) is 4.96 Å². The van der Waals surface area contributed by atoms with Crippen molar-refractivity contribution < 1.29 is 4.74 Å². The molecule has 0 atom stereocenters. The van der Waals surface area contributed by atoms with Crippen LogP contribution in [0.5, 0.6) is 5.75 Å². The minimum Gasteiger partial charge on any atom is -0.494 e. The minimum atomic E-state index is 0.693. The number of imidazole rings is 1. The van der Waals surface area contributed by atoms with Crippen molar-refractivity contribution in [1.29, 1.82) is 0 Å². The monoisotopic (exact) mass is 258 g/mol. The number of nitrogens with zero attached hydrogens (tertiary/aromatic N) is 2. The maximum atomic E-state index is 5.44. The molecule has 3 rings (SSSR count). The molecule has 1 aromatic carbocycles. The van der Waals surface area contributed by atoms with Crippen molar-refractivity contribution in [2.24, 2.45) is 0 Å². The average Bonchev–Trinajstić information content (AvgIpc) is 2.94. The van der Waals surface area contributed by atoms with E-state index in [4.69, 9.17) is 4.74 Å². The molecule has 3 aromatic rings. The molecule has 0 aliphatic heterocycles. The van der Waals surface area contributed by atoms with Gasteiger partial charge >= 0.3 is 0 Å². The molecule has 0 saturated carbocycles. The summed E-state index contributed by atoms with van der Waals surface area (Å²) < 4.78 is 7.56. The van der Waals surface area contributed by atoms with Crippen molar-refractivity contribution in [3.8, 4) is 17.0 Å². The second kappa shape index (κ2) is 4.46. The fourth-order valence-electron chi connectivity index (χ4n) is 1.92. The summed E-state index contributed by atoms with van der Waals surface area (Å²) in [6.45, 7) is 4.77. The van der Waals surface area contributed by atoms with E-state index in [1.807, 2.05) is 31.2 Å². The lowest BCUT2D eigenvalue weighted by atomic mass is 10.2. The topological polar surface area (TPSA) is 26.5 Å². The molecule has 92 valence electrons. The zero-order valence-electron chi connectivity index (χ0n) is 10.4. The van der Waals surface area contributed by atoms with Gasteiger partial charge in [0.1, 0.15) is 5.75 Å². The highest BCUT2D eigenvalue weighted by atomic mass is 32.1. The molecule has 0 unspecified atom stereocenters. The molecular formula is C14H14N2OS. The molecule has 4 heteroatoms. The van der Waals surface area contributed by atoms with Crippen molar-refractivity contribution in [3.63, 3.8) is 0 Å². The smallest absolute Gasteiger partial charge is 0.194 e. The van der Waals surface area contributed by atoms with Gasteiger partial charge in [-0.25, -0.2) is 4.98 Å². The Hall–Kier alpha value is -1.81. The molecule has 0 aliphatic carbocycles. The summed E-state index contributed by atoms with van der Waals surface area (Å²) >= 11 is 1.67. The van der Waals surface area contributed by atoms with Crippen molar-refractivity contribution in [1.82, 2.24) is 9.38 Å². The Bertz CT molecular complexity index is 667. The highest BCUT2D eigenvalue weighted by Gasteiger charge is 2.07. The van der Waals surface area contributed by atoms with E-state index in [1.165, 1.54) is 5.69 Å². The zero-order chi connectivity index (χ0) is 12.5. The predicted molar refractivity (Wildman–Crippen MR) is 74.4 cm³/mol. The molecule has 2 heterocycles. The Balaban J connectivity index is 1.97. The van der Waals surface area contributed by atoms with E-state index in [-0.39, 0.29) is 0 Å². The van der Waals surface area contributed by atoms with E-state index >= 15 is 0 Å². The summed E-state index contributed by atoms with van der Waals surface area (Å²) in [7, 11) is 0. The third kappa shape index (κ3) is 1.88. The van der Waals surface area contributed by atoms with Crippen LogP contribution in [0.15, 0.2) is 35.8 Å². The van der Waals surface area contributed by atoms with Gasteiger partial charge in [-0.15, -0.1) is 11.3 Å². The zero-order valence-corrected chi connectivity index (χ0v) is 11.2. The van der Waals surface area contributed by atoms with Gasteiger partial charge in [-0.1, -0.05) is 0 Å². The Kier molecular flexibility index (Phi) is 2.80. The summed E-state index contributed by atoms with van der Waals surface area (Å²) in [5, 5.41) is 2.12. The van der Waals surface area contributed by atoms with Gasteiger partial charge in [0.25, 0.3) is 0 Å². The van der Waals surface area contributed by atoms with Crippen LogP contribution >= 0.6 is 11.3 Å². The molecule has 0 fully saturated rings. The van der Waals surface area contributed by atoms with E-state index in [1.54, 1.807) is 11.3 Å². The van der Waals surface area contributed by atoms with E-state index in [0.717, 1.165) is 22.0 Å². The number of aromatic nitrogens is 2. The lowest BCUT2D eigenvalue weighted by Gasteiger charge is -2.02. The average molecular weight is 258 g/mol. The molecule has 0 N–H and O–H groups in total. The van der Waals surface area contributed by atoms with Crippen molar-refractivity contribution >= 4 is 16.3 Å². The van der Waals surface area contributed by atoms with E-state index in [9.17, 15) is 0 Å². The summed E-state index contributed by atoms with van der Waals surface area (Å²) in [5.74, 6) is 0.901. The van der Waals surface area contributed by atoms with Crippen LogP contribution in [-0.2, 0) is 0 Å². The van der Waals surface area contributed by atoms with Gasteiger partial charge in [-0.2, -0.15) is 0 Å². The predicted octanol–water partition coefficient (Wildman–Crippen LogP) is 3.77. The molecule has 18 heavy (non-hydrogen) atoms. The van der Waals surface area contributed by atoms with Crippen molar-refractivity contribution in [2.45, 2.75) is 13.8 Å². The molecule has 0 saturated heterocycles. The lowest BCUT2D eigenvalue weighted by Crippen LogP contribution is -1.90. The first-order valence-corrected chi connectivity index (χ1v) is 6.82. The fourth-order valence-corrected chi connectivity index (χ4v) is 2.77. The summed E-state index contributed by atoms with van der Waals surface area (Å²) in [6.07, 6.45) is 2.08. The number of thiazole rings is 1. The number of rotatable bonds is 3. The SMILES string of the molecule is CCOc1ccc(-c2cn3c(C)csc3n2)cc1. The lowest BCUT2D eigenvalue weighted by molar-refractivity contribution is 0.340. The summed E-state index contributed by atoms with van der Waals surface area (Å²) in [4.78, 5) is 5.66. The van der Waals surface area contributed by atoms with E-state index in [2.05, 4.69) is 27.9 Å². The molecule has 0 amide bonds. The Morgan fingerprint density at radius 1 is 1.28 bits per heavy atom. The van der Waals surface area contributed by atoms with Gasteiger partial charge in [-0.3, -0.25) is 4.40 Å². The first-order valence-electron chi connectivity index (χ1n) is 5.94. The number of hydrogen-bond donors (Lipinski definition) is 0. The van der Waals surface area contributed by atoms with E-state index < -0.39 is 0 Å². The maximum Gasteiger partial charge on any atom is 0.194 e. The van der Waals surface area contributed by atoms with Gasteiger partial charge in [-0.05, 0) is 38.1 Å². The van der Waals surface area contributed by atoms with Crippen molar-refractivity contribution in [3.05, 3.63) is 41.5 Å². The molecule has 2 aromatic heterocycles. The van der Waals surface area contributed by atoms with Gasteiger partial charge < -0.3 is 4.74 Å². The molecule has 0 aliphatic rings. The molecule has 0 radical (unpaired) electrons. The number of hydrogen-bond acceptors (Lipinski definition) is 3. The largest absolute Gasteiger partial charge is 0.494 e. The van der Waals surface area contributed by atoms with Crippen LogP contribution in [0.3, 0.4) is 0 Å². The normalized spacial score (nSPS) is 11.0. The number of aryl methyl sites for hydroxylation is 1. The van der Waals surface area contributed by atoms with Gasteiger partial charge in [0.05, 0.1) is 12.3 Å². The second-order valence-electron chi connectivity index (χ2n) is 4.11. The van der Waals surface area contributed by atoms with Crippen LogP contribution in [0, 0.1) is 6.92 Å². The summed E-state index contributed by atoms with van der Waals surface area (Å²) in [5.41, 5.74) is 3.35. The molecular weight excluding hydrogens is 244 g/mol. The Morgan fingerprint density at radius 3 is 2.72 bits per heavy atom. The Labute approximate surface area is 110 Å². The molecule has 3 nitrogen and oxygen atoms in total. The summed E-state index contributed by atoms with van der Waals surface area (Å²) in [6, 6.07) is 8.07. The van der Waals surface area contributed by atoms with Crippen molar-refractivity contribution in [2.75, 3.05) is 6.61 Å². The van der Waals surface area contributed by atoms with Crippen LogP contribution in [0.2, 0.25) is 0 Å². The van der Waals surface area contributed by atoms with Gasteiger partial charge in [0.2, 0.25) is 0 Å². The standard InChI is InChI=1S/C14H14N2OS/c1-3-17-12-6-4-11(5-7-12)13-8-16-10(2)9-18-14(16)15-13/h4-9H,3H2,1-2H3. The number of fused-ring (bicyclic) bond motifs is 1. The highest BCUT2D eigenvalue weighted by Crippen LogP contribution is 2.25. The van der Waals surface area contributed by atoms with Crippen LogP contribution in [0.4, 0.5) is 0 Å². The first-order chi connectivity index (χ1) is 8.78. The number of benzene rings is 1. The Morgan fingerprint density at radius 2 is 2.06 bits per heavy atom.